The number of hydrogen-bond donors (Lipinski definition) is 1. The normalized spacial score (nSPS) is 24.2. The Kier molecular flexibility index (Phi) is 4.66. The first-order valence-corrected chi connectivity index (χ1v) is 6.84. The summed E-state index contributed by atoms with van der Waals surface area (Å²) in [6.45, 7) is 4.20. The summed E-state index contributed by atoms with van der Waals surface area (Å²) in [5.41, 5.74) is 7.21. The third kappa shape index (κ3) is 3.39. The number of likely N-dealkylation sites (tertiary alicyclic amines) is 1. The quantitative estimate of drug-likeness (QED) is 0.904. The number of piperidine rings is 1. The Morgan fingerprint density at radius 1 is 1.32 bits per heavy atom. The minimum absolute atomic E-state index is 0.351. The number of methoxy groups -OCH3 is 2. The summed E-state index contributed by atoms with van der Waals surface area (Å²) in [5.74, 6) is 1.72. The molecule has 1 heterocycles. The maximum absolute atomic E-state index is 6.01. The largest absolute Gasteiger partial charge is 0.497 e. The number of nitrogens with two attached hydrogens (primary N) is 1. The number of benzene rings is 1. The molecule has 19 heavy (non-hydrogen) atoms. The zero-order valence-electron chi connectivity index (χ0n) is 12.1. The van der Waals surface area contributed by atoms with Crippen molar-refractivity contribution in [2.75, 3.05) is 20.8 Å². The highest BCUT2D eigenvalue weighted by Gasteiger charge is 2.23. The van der Waals surface area contributed by atoms with Gasteiger partial charge in [-0.2, -0.15) is 0 Å². The van der Waals surface area contributed by atoms with Crippen molar-refractivity contribution in [2.45, 2.75) is 38.4 Å². The summed E-state index contributed by atoms with van der Waals surface area (Å²) < 4.78 is 10.7. The van der Waals surface area contributed by atoms with Crippen LogP contribution in [-0.2, 0) is 6.54 Å². The standard InChI is InChI=1S/C15H24N2O2/c1-11-8-13(16)6-7-17(11)10-12-4-5-14(18-2)9-15(12)19-3/h4-5,9,11,13H,6-8,10,16H2,1-3H3. The molecule has 0 spiro atoms. The molecular weight excluding hydrogens is 240 g/mol. The van der Waals surface area contributed by atoms with Crippen LogP contribution in [-0.4, -0.2) is 37.7 Å². The molecular formula is C15H24N2O2. The van der Waals surface area contributed by atoms with Gasteiger partial charge in [-0.15, -0.1) is 0 Å². The van der Waals surface area contributed by atoms with E-state index in [1.807, 2.05) is 12.1 Å². The van der Waals surface area contributed by atoms with Crippen molar-refractivity contribution in [3.8, 4) is 11.5 Å². The predicted octanol–water partition coefficient (Wildman–Crippen LogP) is 2.02. The van der Waals surface area contributed by atoms with Gasteiger partial charge in [0, 0.05) is 36.8 Å². The van der Waals surface area contributed by atoms with E-state index in [-0.39, 0.29) is 0 Å². The second-order valence-corrected chi connectivity index (χ2v) is 5.28. The molecule has 0 aromatic heterocycles. The van der Waals surface area contributed by atoms with Gasteiger partial charge in [-0.25, -0.2) is 0 Å². The van der Waals surface area contributed by atoms with E-state index >= 15 is 0 Å². The molecule has 2 rings (SSSR count). The molecule has 2 unspecified atom stereocenters. The van der Waals surface area contributed by atoms with Gasteiger partial charge in [0.05, 0.1) is 14.2 Å². The first kappa shape index (κ1) is 14.2. The van der Waals surface area contributed by atoms with Crippen molar-refractivity contribution in [1.29, 1.82) is 0 Å². The Balaban J connectivity index is 2.10. The van der Waals surface area contributed by atoms with Crippen LogP contribution in [0.2, 0.25) is 0 Å². The van der Waals surface area contributed by atoms with Gasteiger partial charge in [-0.3, -0.25) is 4.90 Å². The third-order valence-electron chi connectivity index (χ3n) is 3.92. The maximum Gasteiger partial charge on any atom is 0.127 e. The van der Waals surface area contributed by atoms with Crippen LogP contribution in [0.4, 0.5) is 0 Å². The maximum atomic E-state index is 6.01. The molecule has 2 N–H and O–H groups in total. The van der Waals surface area contributed by atoms with Crippen LogP contribution in [0.25, 0.3) is 0 Å². The van der Waals surface area contributed by atoms with Crippen molar-refractivity contribution >= 4 is 0 Å². The van der Waals surface area contributed by atoms with E-state index in [4.69, 9.17) is 15.2 Å². The molecule has 4 nitrogen and oxygen atoms in total. The van der Waals surface area contributed by atoms with Gasteiger partial charge in [-0.05, 0) is 25.8 Å². The van der Waals surface area contributed by atoms with Crippen LogP contribution in [0.1, 0.15) is 25.3 Å². The molecule has 0 saturated carbocycles. The zero-order valence-corrected chi connectivity index (χ0v) is 12.1. The molecule has 1 aliphatic heterocycles. The van der Waals surface area contributed by atoms with E-state index in [0.717, 1.165) is 37.4 Å². The Bertz CT molecular complexity index is 423. The van der Waals surface area contributed by atoms with Crippen molar-refractivity contribution in [3.05, 3.63) is 23.8 Å². The van der Waals surface area contributed by atoms with E-state index in [1.54, 1.807) is 14.2 Å². The molecule has 0 amide bonds. The topological polar surface area (TPSA) is 47.7 Å². The number of rotatable bonds is 4. The monoisotopic (exact) mass is 264 g/mol. The molecule has 1 saturated heterocycles. The Morgan fingerprint density at radius 2 is 2.11 bits per heavy atom. The minimum atomic E-state index is 0.351. The molecule has 1 aromatic carbocycles. The molecule has 0 aliphatic carbocycles. The van der Waals surface area contributed by atoms with Gasteiger partial charge in [0.15, 0.2) is 0 Å². The number of nitrogens with zero attached hydrogens (tertiary/aromatic N) is 1. The van der Waals surface area contributed by atoms with Gasteiger partial charge in [0.2, 0.25) is 0 Å². The molecule has 1 aromatic rings. The minimum Gasteiger partial charge on any atom is -0.497 e. The van der Waals surface area contributed by atoms with Crippen LogP contribution in [0.5, 0.6) is 11.5 Å². The van der Waals surface area contributed by atoms with Gasteiger partial charge < -0.3 is 15.2 Å². The highest BCUT2D eigenvalue weighted by atomic mass is 16.5. The summed E-state index contributed by atoms with van der Waals surface area (Å²) in [7, 11) is 3.37. The molecule has 1 fully saturated rings. The Morgan fingerprint density at radius 3 is 2.74 bits per heavy atom. The summed E-state index contributed by atoms with van der Waals surface area (Å²) in [4.78, 5) is 2.47. The SMILES string of the molecule is COc1ccc(CN2CCC(N)CC2C)c(OC)c1. The van der Waals surface area contributed by atoms with E-state index in [2.05, 4.69) is 17.9 Å². The average Bonchev–Trinajstić information content (AvgIpc) is 2.42. The fraction of sp³-hybridized carbons (Fsp3) is 0.600. The molecule has 2 atom stereocenters. The van der Waals surface area contributed by atoms with Crippen molar-refractivity contribution in [2.24, 2.45) is 5.73 Å². The smallest absolute Gasteiger partial charge is 0.127 e. The Hall–Kier alpha value is -1.26. The number of hydrogen-bond acceptors (Lipinski definition) is 4. The second kappa shape index (κ2) is 6.26. The molecule has 0 bridgehead atoms. The number of ether oxygens (including phenoxy) is 2. The lowest BCUT2D eigenvalue weighted by atomic mass is 9.98. The fourth-order valence-corrected chi connectivity index (χ4v) is 2.69. The Labute approximate surface area is 115 Å². The predicted molar refractivity (Wildman–Crippen MR) is 76.6 cm³/mol. The van der Waals surface area contributed by atoms with E-state index in [1.165, 1.54) is 5.56 Å². The lowest BCUT2D eigenvalue weighted by Gasteiger charge is -2.36. The van der Waals surface area contributed by atoms with Gasteiger partial charge >= 0.3 is 0 Å². The zero-order chi connectivity index (χ0) is 13.8. The van der Waals surface area contributed by atoms with E-state index in [0.29, 0.717) is 12.1 Å². The summed E-state index contributed by atoms with van der Waals surface area (Å²) in [6, 6.07) is 6.88. The lowest BCUT2D eigenvalue weighted by Crippen LogP contribution is -2.44. The van der Waals surface area contributed by atoms with Crippen LogP contribution >= 0.6 is 0 Å². The average molecular weight is 264 g/mol. The summed E-state index contributed by atoms with van der Waals surface area (Å²) >= 11 is 0. The van der Waals surface area contributed by atoms with Crippen LogP contribution in [0.15, 0.2) is 18.2 Å². The highest BCUT2D eigenvalue weighted by molar-refractivity contribution is 5.40. The van der Waals surface area contributed by atoms with Crippen molar-refractivity contribution in [1.82, 2.24) is 4.90 Å². The molecule has 106 valence electrons. The van der Waals surface area contributed by atoms with Crippen LogP contribution < -0.4 is 15.2 Å². The summed E-state index contributed by atoms with van der Waals surface area (Å²) in [6.07, 6.45) is 2.14. The molecule has 0 radical (unpaired) electrons. The van der Waals surface area contributed by atoms with E-state index < -0.39 is 0 Å². The van der Waals surface area contributed by atoms with Crippen molar-refractivity contribution in [3.63, 3.8) is 0 Å². The third-order valence-corrected chi connectivity index (χ3v) is 3.92. The van der Waals surface area contributed by atoms with Crippen LogP contribution in [0.3, 0.4) is 0 Å². The first-order chi connectivity index (χ1) is 9.13. The van der Waals surface area contributed by atoms with Gasteiger partial charge in [0.25, 0.3) is 0 Å². The first-order valence-electron chi connectivity index (χ1n) is 6.84. The van der Waals surface area contributed by atoms with Crippen LogP contribution in [0, 0.1) is 0 Å². The second-order valence-electron chi connectivity index (χ2n) is 5.28. The van der Waals surface area contributed by atoms with E-state index in [9.17, 15) is 0 Å². The fourth-order valence-electron chi connectivity index (χ4n) is 2.69. The summed E-state index contributed by atoms with van der Waals surface area (Å²) in [5, 5.41) is 0. The molecule has 1 aliphatic rings. The van der Waals surface area contributed by atoms with Crippen molar-refractivity contribution < 1.29 is 9.47 Å². The van der Waals surface area contributed by atoms with Gasteiger partial charge in [-0.1, -0.05) is 6.07 Å². The lowest BCUT2D eigenvalue weighted by molar-refractivity contribution is 0.138. The highest BCUT2D eigenvalue weighted by Crippen LogP contribution is 2.27. The van der Waals surface area contributed by atoms with Gasteiger partial charge in [0.1, 0.15) is 11.5 Å². The molecule has 4 heteroatoms.